The van der Waals surface area contributed by atoms with Crippen LogP contribution in [0.15, 0.2) is 10.8 Å². The average Bonchev–Trinajstić information content (AvgIpc) is 1.57. The quantitative estimate of drug-likeness (QED) is 0.381. The molecule has 0 aromatic heterocycles. The van der Waals surface area contributed by atoms with Gasteiger partial charge in [0.15, 0.2) is 0 Å². The van der Waals surface area contributed by atoms with Crippen LogP contribution < -0.4 is 103 Å². The molecule has 0 radical (unpaired) electrons. The summed E-state index contributed by atoms with van der Waals surface area (Å²) in [6, 6.07) is 0. The zero-order chi connectivity index (χ0) is 8.41. The second kappa shape index (κ2) is 8.04. The van der Waals surface area contributed by atoms with Crippen molar-refractivity contribution in [1.29, 1.82) is 0 Å². The Morgan fingerprint density at radius 1 is 0.833 bits per heavy atom. The fraction of sp³-hybridized carbons (Fsp3) is 0. The van der Waals surface area contributed by atoms with E-state index in [0.29, 0.717) is 0 Å². The summed E-state index contributed by atoms with van der Waals surface area (Å²) >= 11 is 0. The molecule has 10 heteroatoms. The van der Waals surface area contributed by atoms with Crippen molar-refractivity contribution in [3.63, 3.8) is 0 Å². The van der Waals surface area contributed by atoms with E-state index < -0.39 is 20.2 Å². The minimum atomic E-state index is -4.48. The van der Waals surface area contributed by atoms with Crippen molar-refractivity contribution in [3.05, 3.63) is 10.8 Å². The predicted octanol–water partition coefficient (Wildman–Crippen LogP) is -6.53. The molecule has 0 fully saturated rings. The van der Waals surface area contributed by atoms with Crippen LogP contribution in [0, 0.1) is 0 Å². The molecule has 0 saturated carbocycles. The second-order valence-corrected chi connectivity index (χ2v) is 3.91. The van der Waals surface area contributed by atoms with Gasteiger partial charge < -0.3 is 2.85 Å². The van der Waals surface area contributed by atoms with Crippen LogP contribution in [0.4, 0.5) is 0 Å². The summed E-state index contributed by atoms with van der Waals surface area (Å²) in [4.78, 5) is 0. The van der Waals surface area contributed by atoms with Crippen LogP contribution in [0.1, 0.15) is 2.85 Å². The van der Waals surface area contributed by atoms with E-state index >= 15 is 0 Å². The van der Waals surface area contributed by atoms with Gasteiger partial charge in [0.05, 0.1) is 10.8 Å². The number of hydrogen-bond donors (Lipinski definition) is 2. The van der Waals surface area contributed by atoms with Crippen LogP contribution >= 0.6 is 0 Å². The van der Waals surface area contributed by atoms with Gasteiger partial charge in [-0.1, -0.05) is 0 Å². The summed E-state index contributed by atoms with van der Waals surface area (Å²) < 4.78 is 54.9. The van der Waals surface area contributed by atoms with Crippen molar-refractivity contribution in [2.75, 3.05) is 0 Å². The van der Waals surface area contributed by atoms with Gasteiger partial charge in [-0.05, 0) is 0 Å². The summed E-state index contributed by atoms with van der Waals surface area (Å²) in [5, 5.41) is -0.0787. The van der Waals surface area contributed by atoms with E-state index in [9.17, 15) is 16.8 Å². The molecule has 6 nitrogen and oxygen atoms in total. The molecule has 0 unspecified atom stereocenters. The maximum absolute atomic E-state index is 9.77. The molecule has 0 spiro atoms. The molecule has 0 aliphatic heterocycles. The van der Waals surface area contributed by atoms with E-state index in [1.165, 1.54) is 0 Å². The molecule has 0 aromatic carbocycles. The van der Waals surface area contributed by atoms with Crippen molar-refractivity contribution in [2.24, 2.45) is 0 Å². The van der Waals surface area contributed by atoms with Crippen molar-refractivity contribution >= 4 is 20.2 Å². The van der Waals surface area contributed by atoms with Gasteiger partial charge in [-0.3, -0.25) is 9.11 Å². The fourth-order valence-corrected chi connectivity index (χ4v) is 1.26. The monoisotopic (exact) mass is 268 g/mol. The summed E-state index contributed by atoms with van der Waals surface area (Å²) in [5.41, 5.74) is 0. The third-order valence-electron chi connectivity index (χ3n) is 0.399. The van der Waals surface area contributed by atoms with Crippen LogP contribution in [-0.4, -0.2) is 25.9 Å². The van der Waals surface area contributed by atoms with Crippen LogP contribution in [0.2, 0.25) is 0 Å². The first kappa shape index (κ1) is 20.3. The van der Waals surface area contributed by atoms with Gasteiger partial charge in [-0.25, -0.2) is 0 Å². The predicted molar refractivity (Wildman–Crippen MR) is 34.5 cm³/mol. The number of hydrogen-bond acceptors (Lipinski definition) is 4. The fourth-order valence-electron chi connectivity index (χ4n) is 0.140. The standard InChI is InChI=1S/C2H4O6S2.2K.2H/c3-9(4,5)1-2-10(6,7)8;;;;/h1-2H,(H,3,4,5)(H,6,7,8);;;;/q;2*+1;2*-1. The molecule has 0 aliphatic carbocycles. The largest absolute Gasteiger partial charge is 1.00 e. The Bertz CT molecular complexity index is 299. The third kappa shape index (κ3) is 18.6. The molecule has 64 valence electrons. The Labute approximate surface area is 158 Å². The van der Waals surface area contributed by atoms with E-state index in [2.05, 4.69) is 0 Å². The Balaban J connectivity index is -0.0000000675. The number of rotatable bonds is 2. The first-order valence-corrected chi connectivity index (χ1v) is 4.84. The summed E-state index contributed by atoms with van der Waals surface area (Å²) in [6.45, 7) is 0. The van der Waals surface area contributed by atoms with Crippen LogP contribution in [0.25, 0.3) is 0 Å². The van der Waals surface area contributed by atoms with Gasteiger partial charge in [0.25, 0.3) is 20.2 Å². The third-order valence-corrected chi connectivity index (χ3v) is 1.53. The molecule has 0 rings (SSSR count). The van der Waals surface area contributed by atoms with Gasteiger partial charge in [-0.15, -0.1) is 0 Å². The molecule has 0 amide bonds. The first-order chi connectivity index (χ1) is 4.21. The van der Waals surface area contributed by atoms with E-state index in [4.69, 9.17) is 9.11 Å². The molecule has 0 aliphatic rings. The normalized spacial score (nSPS) is 11.8. The second-order valence-electron chi connectivity index (χ2n) is 1.30. The minimum absolute atomic E-state index is 0. The maximum Gasteiger partial charge on any atom is 1.00 e. The van der Waals surface area contributed by atoms with Crippen molar-refractivity contribution in [2.45, 2.75) is 0 Å². The van der Waals surface area contributed by atoms with E-state index in [0.717, 1.165) is 0 Å². The molecular formula is C2H6K2O6S2. The molecule has 0 saturated heterocycles. The van der Waals surface area contributed by atoms with E-state index in [-0.39, 0.29) is 116 Å². The summed E-state index contributed by atoms with van der Waals surface area (Å²) in [6.07, 6.45) is 0. The molecule has 0 atom stereocenters. The van der Waals surface area contributed by atoms with E-state index in [1.54, 1.807) is 0 Å². The Hall–Kier alpha value is 2.83. The molecule has 12 heavy (non-hydrogen) atoms. The molecule has 2 N–H and O–H groups in total. The maximum atomic E-state index is 9.77. The molecule has 0 bridgehead atoms. The van der Waals surface area contributed by atoms with Gasteiger partial charge in [-0.2, -0.15) is 16.8 Å². The average molecular weight is 268 g/mol. The smallest absolute Gasteiger partial charge is 1.00 e. The van der Waals surface area contributed by atoms with Gasteiger partial charge in [0.1, 0.15) is 0 Å². The zero-order valence-corrected chi connectivity index (χ0v) is 14.4. The van der Waals surface area contributed by atoms with Gasteiger partial charge in [0, 0.05) is 0 Å². The summed E-state index contributed by atoms with van der Waals surface area (Å²) in [7, 11) is -8.95. The van der Waals surface area contributed by atoms with Gasteiger partial charge in [0.2, 0.25) is 0 Å². The first-order valence-electron chi connectivity index (χ1n) is 1.84. The minimum Gasteiger partial charge on any atom is -1.00 e. The van der Waals surface area contributed by atoms with Crippen molar-refractivity contribution < 1.29 is 132 Å². The summed E-state index contributed by atoms with van der Waals surface area (Å²) in [5.74, 6) is 0. The SMILES string of the molecule is O=S(=O)(O)C=CS(=O)(=O)O.[H-].[H-].[K+].[K+]. The van der Waals surface area contributed by atoms with Gasteiger partial charge >= 0.3 is 103 Å². The zero-order valence-electron chi connectivity index (χ0n) is 8.50. The molecular weight excluding hydrogens is 262 g/mol. The van der Waals surface area contributed by atoms with Crippen LogP contribution in [0.3, 0.4) is 0 Å². The Kier molecular flexibility index (Phi) is 13.6. The molecule has 0 aromatic rings. The van der Waals surface area contributed by atoms with Crippen molar-refractivity contribution in [3.8, 4) is 0 Å². The Morgan fingerprint density at radius 3 is 1.08 bits per heavy atom. The van der Waals surface area contributed by atoms with Crippen LogP contribution in [0.5, 0.6) is 0 Å². The topological polar surface area (TPSA) is 109 Å². The van der Waals surface area contributed by atoms with Crippen LogP contribution in [-0.2, 0) is 20.2 Å². The van der Waals surface area contributed by atoms with E-state index in [1.807, 2.05) is 0 Å². The van der Waals surface area contributed by atoms with Crippen molar-refractivity contribution in [1.82, 2.24) is 0 Å². The molecule has 0 heterocycles. The Morgan fingerprint density at radius 2 is 1.00 bits per heavy atom.